The lowest BCUT2D eigenvalue weighted by molar-refractivity contribution is 0.717. The Hall–Kier alpha value is -3.02. The standard InChI is InChI=1S/C21H26N6/c1-15(2)22-10-5-8-18-13-17(9-11-23-18)20-24-14-25-21(27-20)26-19-7-4-6-16(3)12-19/h7,9,11-14,22H,1,4-6,8,10H2,2-3H3,(H,24,25,26,27). The fourth-order valence-corrected chi connectivity index (χ4v) is 2.89. The average molecular weight is 362 g/mol. The number of rotatable bonds is 8. The van der Waals surface area contributed by atoms with E-state index >= 15 is 0 Å². The van der Waals surface area contributed by atoms with Crippen LogP contribution in [0.5, 0.6) is 0 Å². The Labute approximate surface area is 160 Å². The molecule has 0 bridgehead atoms. The van der Waals surface area contributed by atoms with Crippen LogP contribution in [0.2, 0.25) is 0 Å². The summed E-state index contributed by atoms with van der Waals surface area (Å²) >= 11 is 0. The second-order valence-electron chi connectivity index (χ2n) is 6.79. The quantitative estimate of drug-likeness (QED) is 0.691. The molecular weight excluding hydrogens is 336 g/mol. The smallest absolute Gasteiger partial charge is 0.230 e. The molecule has 2 N–H and O–H groups in total. The van der Waals surface area contributed by atoms with E-state index in [1.54, 1.807) is 6.33 Å². The third kappa shape index (κ3) is 5.74. The Bertz CT molecular complexity index is 868. The SMILES string of the molecule is C=C(C)NCCCc1cc(-c2ncnc(NC3=CCCC(C)=C3)n2)ccn1. The molecular formula is C21H26N6. The maximum Gasteiger partial charge on any atom is 0.230 e. The van der Waals surface area contributed by atoms with E-state index in [2.05, 4.69) is 56.2 Å². The Morgan fingerprint density at radius 1 is 1.26 bits per heavy atom. The molecule has 140 valence electrons. The molecule has 2 aromatic heterocycles. The number of allylic oxidation sites excluding steroid dienone is 4. The van der Waals surface area contributed by atoms with Gasteiger partial charge in [0.15, 0.2) is 5.82 Å². The average Bonchev–Trinajstić information content (AvgIpc) is 2.66. The first-order valence-corrected chi connectivity index (χ1v) is 9.28. The van der Waals surface area contributed by atoms with Crippen molar-refractivity contribution in [2.75, 3.05) is 11.9 Å². The molecule has 0 fully saturated rings. The lowest BCUT2D eigenvalue weighted by Crippen LogP contribution is -2.12. The molecule has 1 aliphatic rings. The number of hydrogen-bond donors (Lipinski definition) is 2. The lowest BCUT2D eigenvalue weighted by Gasteiger charge is -2.12. The molecule has 6 nitrogen and oxygen atoms in total. The molecule has 0 aromatic carbocycles. The molecule has 2 heterocycles. The van der Waals surface area contributed by atoms with Gasteiger partial charge in [0.25, 0.3) is 0 Å². The van der Waals surface area contributed by atoms with Gasteiger partial charge in [-0.2, -0.15) is 4.98 Å². The van der Waals surface area contributed by atoms with Crippen LogP contribution in [0.25, 0.3) is 11.4 Å². The highest BCUT2D eigenvalue weighted by atomic mass is 15.1. The first kappa shape index (κ1) is 18.8. The highest BCUT2D eigenvalue weighted by Crippen LogP contribution is 2.19. The summed E-state index contributed by atoms with van der Waals surface area (Å²) in [5.74, 6) is 1.20. The van der Waals surface area contributed by atoms with Gasteiger partial charge < -0.3 is 10.6 Å². The lowest BCUT2D eigenvalue weighted by atomic mass is 10.1. The second-order valence-corrected chi connectivity index (χ2v) is 6.79. The summed E-state index contributed by atoms with van der Waals surface area (Å²) in [5.41, 5.74) is 5.35. The van der Waals surface area contributed by atoms with Crippen LogP contribution in [0.15, 0.2) is 60.4 Å². The molecule has 0 unspecified atom stereocenters. The topological polar surface area (TPSA) is 75.6 Å². The van der Waals surface area contributed by atoms with Crippen LogP contribution in [0.3, 0.4) is 0 Å². The van der Waals surface area contributed by atoms with Crippen molar-refractivity contribution < 1.29 is 0 Å². The summed E-state index contributed by atoms with van der Waals surface area (Å²) in [6.07, 6.45) is 11.7. The highest BCUT2D eigenvalue weighted by molar-refractivity contribution is 5.56. The van der Waals surface area contributed by atoms with Crippen molar-refractivity contribution in [2.45, 2.75) is 39.5 Å². The zero-order valence-corrected chi connectivity index (χ0v) is 16.0. The predicted molar refractivity (Wildman–Crippen MR) is 109 cm³/mol. The van der Waals surface area contributed by atoms with Crippen molar-refractivity contribution in [3.8, 4) is 11.4 Å². The predicted octanol–water partition coefficient (Wildman–Crippen LogP) is 4.03. The Kier molecular flexibility index (Phi) is 6.30. The highest BCUT2D eigenvalue weighted by Gasteiger charge is 2.08. The third-order valence-electron chi connectivity index (χ3n) is 4.24. The van der Waals surface area contributed by atoms with Crippen molar-refractivity contribution in [2.24, 2.45) is 0 Å². The summed E-state index contributed by atoms with van der Waals surface area (Å²) in [4.78, 5) is 17.6. The zero-order chi connectivity index (χ0) is 19.1. The van der Waals surface area contributed by atoms with Gasteiger partial charge in [0.2, 0.25) is 5.95 Å². The number of pyridine rings is 1. The Morgan fingerprint density at radius 3 is 2.96 bits per heavy atom. The van der Waals surface area contributed by atoms with Crippen LogP contribution in [-0.4, -0.2) is 26.5 Å². The number of nitrogens with one attached hydrogen (secondary N) is 2. The van der Waals surface area contributed by atoms with E-state index in [0.717, 1.165) is 54.9 Å². The van der Waals surface area contributed by atoms with Crippen molar-refractivity contribution in [1.82, 2.24) is 25.3 Å². The molecule has 0 aliphatic heterocycles. The van der Waals surface area contributed by atoms with E-state index in [1.807, 2.05) is 25.3 Å². The maximum atomic E-state index is 4.57. The number of anilines is 1. The van der Waals surface area contributed by atoms with E-state index in [9.17, 15) is 0 Å². The minimum absolute atomic E-state index is 0.557. The van der Waals surface area contributed by atoms with E-state index < -0.39 is 0 Å². The maximum absolute atomic E-state index is 4.57. The largest absolute Gasteiger partial charge is 0.389 e. The van der Waals surface area contributed by atoms with Gasteiger partial charge in [-0.1, -0.05) is 18.2 Å². The first-order valence-electron chi connectivity index (χ1n) is 9.28. The molecule has 0 spiro atoms. The van der Waals surface area contributed by atoms with Crippen LogP contribution in [0, 0.1) is 0 Å². The van der Waals surface area contributed by atoms with Gasteiger partial charge >= 0.3 is 0 Å². The molecule has 0 radical (unpaired) electrons. The minimum Gasteiger partial charge on any atom is -0.389 e. The van der Waals surface area contributed by atoms with Crippen LogP contribution < -0.4 is 10.6 Å². The van der Waals surface area contributed by atoms with Gasteiger partial charge in [0.1, 0.15) is 6.33 Å². The fourth-order valence-electron chi connectivity index (χ4n) is 2.89. The third-order valence-corrected chi connectivity index (χ3v) is 4.24. The number of nitrogens with zero attached hydrogens (tertiary/aromatic N) is 4. The summed E-state index contributed by atoms with van der Waals surface area (Å²) < 4.78 is 0. The van der Waals surface area contributed by atoms with Crippen LogP contribution >= 0.6 is 0 Å². The van der Waals surface area contributed by atoms with Crippen LogP contribution in [0.4, 0.5) is 5.95 Å². The molecule has 0 saturated carbocycles. The van der Waals surface area contributed by atoms with Crippen molar-refractivity contribution >= 4 is 5.95 Å². The molecule has 0 amide bonds. The summed E-state index contributed by atoms with van der Waals surface area (Å²) in [7, 11) is 0. The summed E-state index contributed by atoms with van der Waals surface area (Å²) in [5, 5.41) is 6.52. The number of hydrogen-bond acceptors (Lipinski definition) is 6. The van der Waals surface area contributed by atoms with Crippen molar-refractivity contribution in [1.29, 1.82) is 0 Å². The molecule has 0 saturated heterocycles. The number of aromatic nitrogens is 4. The van der Waals surface area contributed by atoms with Gasteiger partial charge in [-0.25, -0.2) is 9.97 Å². The van der Waals surface area contributed by atoms with E-state index in [0.29, 0.717) is 11.8 Å². The molecule has 1 aliphatic carbocycles. The molecule has 27 heavy (non-hydrogen) atoms. The van der Waals surface area contributed by atoms with Crippen molar-refractivity contribution in [3.05, 3.63) is 66.0 Å². The van der Waals surface area contributed by atoms with Crippen LogP contribution in [0.1, 0.15) is 38.8 Å². The van der Waals surface area contributed by atoms with Gasteiger partial charge in [0, 0.05) is 35.4 Å². The second kappa shape index (κ2) is 9.07. The molecule has 3 rings (SSSR count). The van der Waals surface area contributed by atoms with Gasteiger partial charge in [-0.3, -0.25) is 4.98 Å². The van der Waals surface area contributed by atoms with E-state index in [4.69, 9.17) is 0 Å². The Morgan fingerprint density at radius 2 is 2.15 bits per heavy atom. The van der Waals surface area contributed by atoms with Gasteiger partial charge in [-0.15, -0.1) is 0 Å². The monoisotopic (exact) mass is 362 g/mol. The van der Waals surface area contributed by atoms with E-state index in [1.165, 1.54) is 5.57 Å². The molecule has 0 atom stereocenters. The van der Waals surface area contributed by atoms with Crippen molar-refractivity contribution in [3.63, 3.8) is 0 Å². The summed E-state index contributed by atoms with van der Waals surface area (Å²) in [6, 6.07) is 3.97. The normalized spacial score (nSPS) is 13.6. The summed E-state index contributed by atoms with van der Waals surface area (Å²) in [6.45, 7) is 8.84. The van der Waals surface area contributed by atoms with Gasteiger partial charge in [0.05, 0.1) is 0 Å². The van der Waals surface area contributed by atoms with Gasteiger partial charge in [-0.05, 0) is 57.7 Å². The molecule has 6 heteroatoms. The number of aryl methyl sites for hydroxylation is 1. The first-order chi connectivity index (χ1) is 13.1. The van der Waals surface area contributed by atoms with Crippen LogP contribution in [-0.2, 0) is 6.42 Å². The van der Waals surface area contributed by atoms with E-state index in [-0.39, 0.29) is 0 Å². The molecule has 2 aromatic rings. The fraction of sp³-hybridized carbons (Fsp3) is 0.333. The Balaban J connectivity index is 1.68. The minimum atomic E-state index is 0.557. The zero-order valence-electron chi connectivity index (χ0n) is 16.0.